The molecular weight excluding hydrogens is 370 g/mol. The Morgan fingerprint density at radius 3 is 2.41 bits per heavy atom. The van der Waals surface area contributed by atoms with Crippen LogP contribution >= 0.6 is 11.6 Å². The van der Waals surface area contributed by atoms with Crippen molar-refractivity contribution in [3.05, 3.63) is 35.0 Å². The van der Waals surface area contributed by atoms with Gasteiger partial charge < -0.3 is 20.3 Å². The Labute approximate surface area is 162 Å². The van der Waals surface area contributed by atoms with Crippen LogP contribution in [0.3, 0.4) is 0 Å². The fourth-order valence-corrected chi connectivity index (χ4v) is 3.04. The number of nitrogens with one attached hydrogen (secondary N) is 2. The number of hydrogen-bond acceptors (Lipinski definition) is 3. The number of aryl methyl sites for hydroxylation is 1. The molecule has 2 rings (SSSR count). The van der Waals surface area contributed by atoms with E-state index < -0.39 is 29.9 Å². The number of amides is 2. The molecule has 0 radical (unpaired) electrons. The van der Waals surface area contributed by atoms with E-state index >= 15 is 0 Å². The second kappa shape index (κ2) is 8.43. The van der Waals surface area contributed by atoms with Gasteiger partial charge in [-0.25, -0.2) is 4.79 Å². The summed E-state index contributed by atoms with van der Waals surface area (Å²) in [5.74, 6) is -1.96. The van der Waals surface area contributed by atoms with Gasteiger partial charge in [-0.1, -0.05) is 25.4 Å². The molecule has 1 heterocycles. The number of carboxylic acids is 1. The van der Waals surface area contributed by atoms with Crippen LogP contribution in [0.2, 0.25) is 5.02 Å². The van der Waals surface area contributed by atoms with Crippen LogP contribution in [-0.2, 0) is 16.6 Å². The normalized spacial score (nSPS) is 13.4. The molecule has 146 valence electrons. The highest BCUT2D eigenvalue weighted by Crippen LogP contribution is 2.22. The maximum Gasteiger partial charge on any atom is 0.326 e. The van der Waals surface area contributed by atoms with Crippen LogP contribution in [0.15, 0.2) is 24.3 Å². The second-order valence-corrected chi connectivity index (χ2v) is 7.45. The van der Waals surface area contributed by atoms with Crippen molar-refractivity contribution in [2.24, 2.45) is 13.0 Å². The zero-order chi connectivity index (χ0) is 20.3. The number of rotatable bonds is 7. The lowest BCUT2D eigenvalue weighted by Gasteiger charge is -2.20. The summed E-state index contributed by atoms with van der Waals surface area (Å²) in [5, 5.41) is 15.7. The van der Waals surface area contributed by atoms with E-state index in [9.17, 15) is 19.5 Å². The van der Waals surface area contributed by atoms with Crippen LogP contribution in [0.5, 0.6) is 0 Å². The molecule has 3 N–H and O–H groups in total. The number of aliphatic carboxylic acids is 1. The first-order valence-corrected chi connectivity index (χ1v) is 9.07. The second-order valence-electron chi connectivity index (χ2n) is 7.02. The molecule has 0 spiro atoms. The number of carboxylic acid groups (broad SMARTS) is 1. The van der Waals surface area contributed by atoms with Crippen molar-refractivity contribution >= 4 is 40.3 Å². The van der Waals surface area contributed by atoms with Crippen molar-refractivity contribution in [2.75, 3.05) is 0 Å². The molecule has 0 unspecified atom stereocenters. The molecule has 0 saturated carbocycles. The first-order valence-electron chi connectivity index (χ1n) is 8.69. The molecule has 2 atom stereocenters. The molecule has 7 nitrogen and oxygen atoms in total. The van der Waals surface area contributed by atoms with Gasteiger partial charge in [0.25, 0.3) is 5.91 Å². The highest BCUT2D eigenvalue weighted by molar-refractivity contribution is 6.31. The number of carbonyl (C=O) groups excluding carboxylic acids is 2. The van der Waals surface area contributed by atoms with Crippen LogP contribution in [0.4, 0.5) is 0 Å². The summed E-state index contributed by atoms with van der Waals surface area (Å²) in [6.45, 7) is 5.26. The highest BCUT2D eigenvalue weighted by Gasteiger charge is 2.25. The summed E-state index contributed by atoms with van der Waals surface area (Å²) in [5.41, 5.74) is 1.22. The highest BCUT2D eigenvalue weighted by atomic mass is 35.5. The number of halogens is 1. The van der Waals surface area contributed by atoms with Crippen LogP contribution in [0, 0.1) is 5.92 Å². The van der Waals surface area contributed by atoms with Gasteiger partial charge in [-0.05, 0) is 43.5 Å². The Hall–Kier alpha value is -2.54. The van der Waals surface area contributed by atoms with Gasteiger partial charge in [0, 0.05) is 23.0 Å². The van der Waals surface area contributed by atoms with E-state index in [0.717, 1.165) is 10.9 Å². The first-order chi connectivity index (χ1) is 12.6. The summed E-state index contributed by atoms with van der Waals surface area (Å²) >= 11 is 5.98. The van der Waals surface area contributed by atoms with Gasteiger partial charge in [0.1, 0.15) is 17.8 Å². The molecule has 1 aromatic heterocycles. The lowest BCUT2D eigenvalue weighted by molar-refractivity contribution is -0.142. The summed E-state index contributed by atoms with van der Waals surface area (Å²) in [7, 11) is 1.75. The maximum atomic E-state index is 12.6. The van der Waals surface area contributed by atoms with Crippen molar-refractivity contribution in [3.63, 3.8) is 0 Å². The van der Waals surface area contributed by atoms with Gasteiger partial charge in [0.2, 0.25) is 5.91 Å². The average Bonchev–Trinajstić information content (AvgIpc) is 2.89. The van der Waals surface area contributed by atoms with Crippen molar-refractivity contribution in [1.82, 2.24) is 15.2 Å². The van der Waals surface area contributed by atoms with Crippen molar-refractivity contribution < 1.29 is 19.5 Å². The van der Waals surface area contributed by atoms with E-state index in [1.807, 2.05) is 19.9 Å². The molecule has 0 fully saturated rings. The molecule has 0 aliphatic carbocycles. The van der Waals surface area contributed by atoms with Gasteiger partial charge in [0.05, 0.1) is 0 Å². The Morgan fingerprint density at radius 2 is 1.81 bits per heavy atom. The summed E-state index contributed by atoms with van der Waals surface area (Å²) < 4.78 is 1.71. The number of benzene rings is 1. The molecule has 2 aromatic rings. The molecule has 0 aliphatic rings. The minimum absolute atomic E-state index is 0.110. The van der Waals surface area contributed by atoms with Gasteiger partial charge in [-0.15, -0.1) is 0 Å². The summed E-state index contributed by atoms with van der Waals surface area (Å²) in [6, 6.07) is 5.13. The van der Waals surface area contributed by atoms with Gasteiger partial charge in [-0.3, -0.25) is 9.59 Å². The topological polar surface area (TPSA) is 100 Å². The maximum absolute atomic E-state index is 12.6. The van der Waals surface area contributed by atoms with Gasteiger partial charge in [0.15, 0.2) is 0 Å². The smallest absolute Gasteiger partial charge is 0.326 e. The third-order valence-corrected chi connectivity index (χ3v) is 4.53. The van der Waals surface area contributed by atoms with Crippen molar-refractivity contribution in [3.8, 4) is 0 Å². The standard InChI is InChI=1S/C19H24ClN3O4/c1-10(2)7-14(19(26)27)22-17(24)11(3)21-18(25)16-9-12-8-13(20)5-6-15(12)23(16)4/h5-6,8-11,14H,7H2,1-4H3,(H,21,25)(H,22,24)(H,26,27)/t11-,14-/m0/s1. The van der Waals surface area contributed by atoms with E-state index in [0.29, 0.717) is 17.1 Å². The van der Waals surface area contributed by atoms with Crippen LogP contribution in [0.1, 0.15) is 37.7 Å². The molecule has 1 aromatic carbocycles. The molecule has 0 saturated heterocycles. The fraction of sp³-hybridized carbons (Fsp3) is 0.421. The van der Waals surface area contributed by atoms with Gasteiger partial charge in [-0.2, -0.15) is 0 Å². The van der Waals surface area contributed by atoms with E-state index in [1.54, 1.807) is 29.8 Å². The zero-order valence-corrected chi connectivity index (χ0v) is 16.5. The molecule has 0 aliphatic heterocycles. The number of fused-ring (bicyclic) bond motifs is 1. The Kier molecular flexibility index (Phi) is 6.49. The minimum Gasteiger partial charge on any atom is -0.480 e. The SMILES string of the molecule is CC(C)C[C@H](NC(=O)[C@H](C)NC(=O)c1cc2cc(Cl)ccc2n1C)C(=O)O. The minimum atomic E-state index is -1.10. The molecule has 8 heteroatoms. The molecule has 2 amide bonds. The number of hydrogen-bond donors (Lipinski definition) is 3. The van der Waals surface area contributed by atoms with Crippen LogP contribution in [0.25, 0.3) is 10.9 Å². The summed E-state index contributed by atoms with van der Waals surface area (Å²) in [4.78, 5) is 36.2. The molecule has 0 bridgehead atoms. The van der Waals surface area contributed by atoms with Crippen LogP contribution < -0.4 is 10.6 Å². The number of nitrogens with zero attached hydrogens (tertiary/aromatic N) is 1. The molecular formula is C19H24ClN3O4. The van der Waals surface area contributed by atoms with E-state index in [-0.39, 0.29) is 5.92 Å². The monoisotopic (exact) mass is 393 g/mol. The van der Waals surface area contributed by atoms with Crippen molar-refractivity contribution in [1.29, 1.82) is 0 Å². The van der Waals surface area contributed by atoms with Gasteiger partial charge >= 0.3 is 5.97 Å². The Balaban J connectivity index is 2.09. The number of carbonyl (C=O) groups is 3. The largest absolute Gasteiger partial charge is 0.480 e. The number of aromatic nitrogens is 1. The summed E-state index contributed by atoms with van der Waals surface area (Å²) in [6.07, 6.45) is 0.311. The lowest BCUT2D eigenvalue weighted by atomic mass is 10.0. The quantitative estimate of drug-likeness (QED) is 0.673. The lowest BCUT2D eigenvalue weighted by Crippen LogP contribution is -2.50. The fourth-order valence-electron chi connectivity index (χ4n) is 2.86. The third kappa shape index (κ3) is 5.01. The van der Waals surface area contributed by atoms with Crippen molar-refractivity contribution in [2.45, 2.75) is 39.3 Å². The Bertz CT molecular complexity index is 875. The zero-order valence-electron chi connectivity index (χ0n) is 15.7. The van der Waals surface area contributed by atoms with Crippen LogP contribution in [-0.4, -0.2) is 39.5 Å². The molecule has 27 heavy (non-hydrogen) atoms. The predicted octanol–water partition coefficient (Wildman–Crippen LogP) is 2.57. The van der Waals surface area contributed by atoms with E-state index in [2.05, 4.69) is 10.6 Å². The third-order valence-electron chi connectivity index (χ3n) is 4.30. The average molecular weight is 394 g/mol. The van der Waals surface area contributed by atoms with E-state index in [4.69, 9.17) is 11.6 Å². The predicted molar refractivity (Wildman–Crippen MR) is 104 cm³/mol. The Morgan fingerprint density at radius 1 is 1.15 bits per heavy atom. The first kappa shape index (κ1) is 20.8. The van der Waals surface area contributed by atoms with E-state index in [1.165, 1.54) is 6.92 Å².